The lowest BCUT2D eigenvalue weighted by atomic mass is 10.0. The summed E-state index contributed by atoms with van der Waals surface area (Å²) in [5.74, 6) is -1.52. The summed E-state index contributed by atoms with van der Waals surface area (Å²) in [5, 5.41) is 27.2. The van der Waals surface area contributed by atoms with Gasteiger partial charge in [-0.05, 0) is 51.0 Å². The predicted octanol–water partition coefficient (Wildman–Crippen LogP) is 3.59. The summed E-state index contributed by atoms with van der Waals surface area (Å²) in [6.45, 7) is 2.24. The molecule has 6 nitrogen and oxygen atoms in total. The van der Waals surface area contributed by atoms with Crippen LogP contribution < -0.4 is 0 Å². The van der Waals surface area contributed by atoms with Crippen molar-refractivity contribution in [2.45, 2.75) is 96.2 Å². The molecule has 0 amide bonds. The van der Waals surface area contributed by atoms with Gasteiger partial charge in [-0.15, -0.1) is 0 Å². The fourth-order valence-corrected chi connectivity index (χ4v) is 2.59. The molecule has 2 unspecified atom stereocenters. The lowest BCUT2D eigenvalue weighted by Gasteiger charge is -2.16. The second kappa shape index (κ2) is 17.0. The van der Waals surface area contributed by atoms with Gasteiger partial charge in [-0.2, -0.15) is 0 Å². The molecular weight excluding hydrogens is 336 g/mol. The first-order valence-corrected chi connectivity index (χ1v) is 9.86. The largest absolute Gasteiger partial charge is 0.481 e. The zero-order valence-corrected chi connectivity index (χ0v) is 16.1. The van der Waals surface area contributed by atoms with Gasteiger partial charge in [0, 0.05) is 6.61 Å². The molecule has 0 fully saturated rings. The van der Waals surface area contributed by atoms with Crippen molar-refractivity contribution < 1.29 is 29.6 Å². The second-order valence-corrected chi connectivity index (χ2v) is 6.65. The van der Waals surface area contributed by atoms with E-state index in [0.717, 1.165) is 12.8 Å². The van der Waals surface area contributed by atoms with Crippen molar-refractivity contribution in [1.82, 2.24) is 0 Å². The molecule has 0 saturated heterocycles. The summed E-state index contributed by atoms with van der Waals surface area (Å²) in [4.78, 5) is 22.3. The van der Waals surface area contributed by atoms with Gasteiger partial charge in [0.1, 0.15) is 6.10 Å². The van der Waals surface area contributed by atoms with E-state index in [4.69, 9.17) is 14.9 Å². The summed E-state index contributed by atoms with van der Waals surface area (Å²) in [6, 6.07) is 0. The molecular formula is C20H36O6. The number of hydrogen-bond acceptors (Lipinski definition) is 5. The Hall–Kier alpha value is -1.40. The monoisotopic (exact) mass is 372 g/mol. The van der Waals surface area contributed by atoms with Gasteiger partial charge in [0.05, 0.1) is 18.9 Å². The summed E-state index contributed by atoms with van der Waals surface area (Å²) in [7, 11) is 0. The average Bonchev–Trinajstić information content (AvgIpc) is 2.60. The highest BCUT2D eigenvalue weighted by Crippen LogP contribution is 2.13. The first-order valence-electron chi connectivity index (χ1n) is 9.86. The van der Waals surface area contributed by atoms with Crippen molar-refractivity contribution in [2.24, 2.45) is 0 Å². The molecule has 0 aromatic heterocycles. The van der Waals surface area contributed by atoms with Crippen LogP contribution >= 0.6 is 0 Å². The standard InChI is InChI=1S/C20H36O6/c1-2-3-4-5-6-7-12-18(26-20(25)15-14-19(23)24)13-8-10-17(22)11-9-16-21/h7,12,17-18,21-22H,2-6,8-11,13-16H2,1H3,(H,23,24)/b12-7-. The highest BCUT2D eigenvalue weighted by molar-refractivity contribution is 5.76. The number of esters is 1. The third-order valence-corrected chi connectivity index (χ3v) is 4.12. The Morgan fingerprint density at radius 3 is 2.38 bits per heavy atom. The number of carbonyl (C=O) groups is 2. The fourth-order valence-electron chi connectivity index (χ4n) is 2.59. The Bertz CT molecular complexity index is 394. The van der Waals surface area contributed by atoms with Crippen LogP contribution in [-0.4, -0.2) is 46.1 Å². The lowest BCUT2D eigenvalue weighted by molar-refractivity contribution is -0.150. The minimum atomic E-state index is -1.02. The van der Waals surface area contributed by atoms with Gasteiger partial charge in [-0.1, -0.05) is 32.3 Å². The number of ether oxygens (including phenoxy) is 1. The van der Waals surface area contributed by atoms with Crippen LogP contribution in [0.5, 0.6) is 0 Å². The molecule has 0 spiro atoms. The van der Waals surface area contributed by atoms with E-state index in [9.17, 15) is 14.7 Å². The van der Waals surface area contributed by atoms with E-state index in [1.807, 2.05) is 12.2 Å². The van der Waals surface area contributed by atoms with E-state index in [1.54, 1.807) is 0 Å². The maximum absolute atomic E-state index is 11.8. The molecule has 6 heteroatoms. The number of carboxylic acids is 1. The summed E-state index contributed by atoms with van der Waals surface area (Å²) in [6.07, 6.45) is 11.3. The summed E-state index contributed by atoms with van der Waals surface area (Å²) in [5.41, 5.74) is 0. The van der Waals surface area contributed by atoms with Gasteiger partial charge in [-0.25, -0.2) is 0 Å². The Morgan fingerprint density at radius 1 is 1.00 bits per heavy atom. The maximum atomic E-state index is 11.8. The number of unbranched alkanes of at least 4 members (excludes halogenated alkanes) is 4. The summed E-state index contributed by atoms with van der Waals surface area (Å²) < 4.78 is 5.38. The van der Waals surface area contributed by atoms with Crippen LogP contribution in [0, 0.1) is 0 Å². The lowest BCUT2D eigenvalue weighted by Crippen LogP contribution is -2.18. The molecule has 0 heterocycles. The van der Waals surface area contributed by atoms with Crippen molar-refractivity contribution in [3.05, 3.63) is 12.2 Å². The Morgan fingerprint density at radius 2 is 1.73 bits per heavy atom. The fraction of sp³-hybridized carbons (Fsp3) is 0.800. The normalized spacial score (nSPS) is 13.7. The minimum Gasteiger partial charge on any atom is -0.481 e. The molecule has 0 bridgehead atoms. The van der Waals surface area contributed by atoms with Gasteiger partial charge in [0.15, 0.2) is 0 Å². The predicted molar refractivity (Wildman–Crippen MR) is 101 cm³/mol. The van der Waals surface area contributed by atoms with Crippen LogP contribution in [-0.2, 0) is 14.3 Å². The number of carbonyl (C=O) groups excluding carboxylic acids is 1. The number of aliphatic carboxylic acids is 1. The quantitative estimate of drug-likeness (QED) is 0.205. The topological polar surface area (TPSA) is 104 Å². The van der Waals surface area contributed by atoms with Crippen molar-refractivity contribution >= 4 is 11.9 Å². The third kappa shape index (κ3) is 16.1. The van der Waals surface area contributed by atoms with Crippen molar-refractivity contribution in [3.63, 3.8) is 0 Å². The molecule has 0 aromatic carbocycles. The molecule has 0 aliphatic carbocycles. The molecule has 0 aromatic rings. The van der Waals surface area contributed by atoms with E-state index in [-0.39, 0.29) is 25.6 Å². The van der Waals surface area contributed by atoms with Gasteiger partial charge in [0.2, 0.25) is 0 Å². The Balaban J connectivity index is 4.31. The smallest absolute Gasteiger partial charge is 0.306 e. The third-order valence-electron chi connectivity index (χ3n) is 4.12. The van der Waals surface area contributed by atoms with Crippen LogP contribution in [0.25, 0.3) is 0 Å². The van der Waals surface area contributed by atoms with E-state index in [1.165, 1.54) is 19.3 Å². The SMILES string of the molecule is CCCCCC/C=C\C(CCCC(O)CCCO)OC(=O)CCC(=O)O. The van der Waals surface area contributed by atoms with Gasteiger partial charge < -0.3 is 20.1 Å². The molecule has 0 rings (SSSR count). The van der Waals surface area contributed by atoms with E-state index >= 15 is 0 Å². The first kappa shape index (κ1) is 24.6. The number of aliphatic hydroxyl groups is 2. The van der Waals surface area contributed by atoms with Gasteiger partial charge in [0.25, 0.3) is 0 Å². The number of aliphatic hydroxyl groups excluding tert-OH is 2. The Labute approximate surface area is 157 Å². The van der Waals surface area contributed by atoms with E-state index in [0.29, 0.717) is 32.1 Å². The first-order chi connectivity index (χ1) is 12.5. The molecule has 0 saturated carbocycles. The minimum absolute atomic E-state index is 0.0711. The highest BCUT2D eigenvalue weighted by atomic mass is 16.5. The second-order valence-electron chi connectivity index (χ2n) is 6.65. The highest BCUT2D eigenvalue weighted by Gasteiger charge is 2.14. The van der Waals surface area contributed by atoms with Crippen molar-refractivity contribution in [2.75, 3.05) is 6.61 Å². The van der Waals surface area contributed by atoms with Crippen molar-refractivity contribution in [3.8, 4) is 0 Å². The molecule has 0 aliphatic heterocycles. The molecule has 0 radical (unpaired) electrons. The van der Waals surface area contributed by atoms with E-state index in [2.05, 4.69) is 6.92 Å². The molecule has 0 aliphatic rings. The number of rotatable bonds is 17. The van der Waals surface area contributed by atoms with Crippen LogP contribution in [0.1, 0.15) is 84.0 Å². The van der Waals surface area contributed by atoms with Gasteiger partial charge >= 0.3 is 11.9 Å². The molecule has 152 valence electrons. The van der Waals surface area contributed by atoms with Crippen LogP contribution in [0.2, 0.25) is 0 Å². The maximum Gasteiger partial charge on any atom is 0.306 e. The molecule has 2 atom stereocenters. The zero-order valence-electron chi connectivity index (χ0n) is 16.1. The van der Waals surface area contributed by atoms with E-state index < -0.39 is 18.0 Å². The summed E-state index contributed by atoms with van der Waals surface area (Å²) >= 11 is 0. The van der Waals surface area contributed by atoms with Crippen LogP contribution in [0.4, 0.5) is 0 Å². The van der Waals surface area contributed by atoms with Crippen molar-refractivity contribution in [1.29, 1.82) is 0 Å². The van der Waals surface area contributed by atoms with Crippen LogP contribution in [0.15, 0.2) is 12.2 Å². The number of hydrogen-bond donors (Lipinski definition) is 3. The zero-order chi connectivity index (χ0) is 19.6. The van der Waals surface area contributed by atoms with Crippen LogP contribution in [0.3, 0.4) is 0 Å². The molecule has 26 heavy (non-hydrogen) atoms. The Kier molecular flexibility index (Phi) is 16.1. The molecule has 3 N–H and O–H groups in total. The average molecular weight is 373 g/mol. The number of carboxylic acid groups (broad SMARTS) is 1. The van der Waals surface area contributed by atoms with Gasteiger partial charge in [-0.3, -0.25) is 9.59 Å². The number of allylic oxidation sites excluding steroid dienone is 1.